The summed E-state index contributed by atoms with van der Waals surface area (Å²) in [7, 11) is -2.14. The molecule has 0 aliphatic heterocycles. The van der Waals surface area contributed by atoms with Crippen LogP contribution < -0.4 is 5.73 Å². The molecule has 0 fully saturated rings. The summed E-state index contributed by atoms with van der Waals surface area (Å²) in [6, 6.07) is 2.93. The van der Waals surface area contributed by atoms with Crippen molar-refractivity contribution in [2.45, 2.75) is 11.8 Å². The zero-order valence-corrected chi connectivity index (χ0v) is 13.2. The van der Waals surface area contributed by atoms with E-state index in [4.69, 9.17) is 22.1 Å². The van der Waals surface area contributed by atoms with Crippen molar-refractivity contribution in [1.82, 2.24) is 4.31 Å². The Kier molecular flexibility index (Phi) is 6.01. The Hall–Kier alpha value is -1.08. The molecule has 0 saturated carbocycles. The van der Waals surface area contributed by atoms with E-state index < -0.39 is 10.0 Å². The average Bonchev–Trinajstić information content (AvgIpc) is 2.38. The Morgan fingerprint density at radius 1 is 1.50 bits per heavy atom. The number of sulfonamides is 1. The Bertz CT molecular complexity index is 588. The summed E-state index contributed by atoms with van der Waals surface area (Å²) in [5.74, 6) is 0. The highest BCUT2D eigenvalue weighted by molar-refractivity contribution is 7.89. The molecule has 0 saturated heterocycles. The van der Waals surface area contributed by atoms with E-state index in [0.29, 0.717) is 17.2 Å². The third kappa shape index (κ3) is 3.73. The summed E-state index contributed by atoms with van der Waals surface area (Å²) in [6.45, 7) is 6.00. The van der Waals surface area contributed by atoms with Gasteiger partial charge in [0.1, 0.15) is 0 Å². The second kappa shape index (κ2) is 7.08. The van der Waals surface area contributed by atoms with Gasteiger partial charge in [-0.2, -0.15) is 4.31 Å². The van der Waals surface area contributed by atoms with E-state index >= 15 is 0 Å². The van der Waals surface area contributed by atoms with Gasteiger partial charge in [0.25, 0.3) is 0 Å². The van der Waals surface area contributed by atoms with Gasteiger partial charge in [0, 0.05) is 20.2 Å². The van der Waals surface area contributed by atoms with Crippen LogP contribution in [0.1, 0.15) is 5.56 Å². The van der Waals surface area contributed by atoms with Gasteiger partial charge in [-0.1, -0.05) is 17.7 Å². The summed E-state index contributed by atoms with van der Waals surface area (Å²) < 4.78 is 31.5. The number of hydrogen-bond donors (Lipinski definition) is 1. The molecule has 112 valence electrons. The molecule has 0 amide bonds. The molecule has 0 radical (unpaired) electrons. The molecule has 2 N–H and O–H groups in total. The molecule has 0 aromatic heterocycles. The van der Waals surface area contributed by atoms with Crippen molar-refractivity contribution in [3.63, 3.8) is 0 Å². The highest BCUT2D eigenvalue weighted by Gasteiger charge is 2.25. The molecule has 1 aromatic carbocycles. The van der Waals surface area contributed by atoms with Crippen LogP contribution in [0.5, 0.6) is 0 Å². The number of rotatable bonds is 7. The van der Waals surface area contributed by atoms with Crippen LogP contribution in [0.4, 0.5) is 5.69 Å². The normalized spacial score (nSPS) is 11.8. The largest absolute Gasteiger partial charge is 0.397 e. The standard InChI is InChI=1S/C13H19ClN2O3S/c1-4-5-16(6-7-19-3)20(17,18)13-9-12(15)11(14)8-10(13)2/h4,8-9H,1,5-7,15H2,2-3H3. The molecule has 0 heterocycles. The molecular weight excluding hydrogens is 300 g/mol. The summed E-state index contributed by atoms with van der Waals surface area (Å²) in [5, 5.41) is 0.341. The zero-order chi connectivity index (χ0) is 15.3. The van der Waals surface area contributed by atoms with Gasteiger partial charge < -0.3 is 10.5 Å². The van der Waals surface area contributed by atoms with E-state index in [0.717, 1.165) is 0 Å². The van der Waals surface area contributed by atoms with Gasteiger partial charge in [-0.25, -0.2) is 8.42 Å². The van der Waals surface area contributed by atoms with E-state index in [2.05, 4.69) is 6.58 Å². The first-order valence-electron chi connectivity index (χ1n) is 6.00. The van der Waals surface area contributed by atoms with Gasteiger partial charge in [-0.3, -0.25) is 0 Å². The molecule has 5 nitrogen and oxygen atoms in total. The van der Waals surface area contributed by atoms with Crippen LogP contribution in [-0.2, 0) is 14.8 Å². The Morgan fingerprint density at radius 3 is 2.70 bits per heavy atom. The molecule has 0 aliphatic rings. The Labute approximate surface area is 125 Å². The number of ether oxygens (including phenoxy) is 1. The van der Waals surface area contributed by atoms with Crippen LogP contribution in [0.2, 0.25) is 5.02 Å². The Morgan fingerprint density at radius 2 is 2.15 bits per heavy atom. The highest BCUT2D eigenvalue weighted by atomic mass is 35.5. The first-order valence-corrected chi connectivity index (χ1v) is 7.82. The topological polar surface area (TPSA) is 72.6 Å². The van der Waals surface area contributed by atoms with Crippen LogP contribution >= 0.6 is 11.6 Å². The first-order chi connectivity index (χ1) is 9.34. The SMILES string of the molecule is C=CCN(CCOC)S(=O)(=O)c1cc(N)c(Cl)cc1C. The number of nitrogen functional groups attached to an aromatic ring is 1. The predicted molar refractivity (Wildman–Crippen MR) is 81.4 cm³/mol. The van der Waals surface area contributed by atoms with Crippen LogP contribution in [0.25, 0.3) is 0 Å². The number of halogens is 1. The lowest BCUT2D eigenvalue weighted by Gasteiger charge is -2.21. The molecule has 0 spiro atoms. The third-order valence-electron chi connectivity index (χ3n) is 2.79. The van der Waals surface area contributed by atoms with Crippen molar-refractivity contribution in [3.05, 3.63) is 35.4 Å². The quantitative estimate of drug-likeness (QED) is 0.617. The molecule has 0 unspecified atom stereocenters. The number of aryl methyl sites for hydroxylation is 1. The summed E-state index contributed by atoms with van der Waals surface area (Å²) in [4.78, 5) is 0.150. The molecule has 7 heteroatoms. The maximum atomic E-state index is 12.6. The van der Waals surface area contributed by atoms with E-state index in [1.807, 2.05) is 0 Å². The second-order valence-corrected chi connectivity index (χ2v) is 6.60. The smallest absolute Gasteiger partial charge is 0.243 e. The zero-order valence-electron chi connectivity index (χ0n) is 11.6. The molecule has 0 atom stereocenters. The minimum Gasteiger partial charge on any atom is -0.397 e. The number of nitrogens with two attached hydrogens (primary N) is 1. The molecular formula is C13H19ClN2O3S. The van der Waals surface area contributed by atoms with Gasteiger partial charge >= 0.3 is 0 Å². The fraction of sp³-hybridized carbons (Fsp3) is 0.385. The van der Waals surface area contributed by atoms with Crippen molar-refractivity contribution in [2.24, 2.45) is 0 Å². The second-order valence-electron chi connectivity index (χ2n) is 4.28. The fourth-order valence-electron chi connectivity index (χ4n) is 1.73. The molecule has 1 aromatic rings. The number of nitrogens with zero attached hydrogens (tertiary/aromatic N) is 1. The van der Waals surface area contributed by atoms with Crippen molar-refractivity contribution in [2.75, 3.05) is 32.5 Å². The van der Waals surface area contributed by atoms with Gasteiger partial charge in [0.15, 0.2) is 0 Å². The van der Waals surface area contributed by atoms with Crippen molar-refractivity contribution >= 4 is 27.3 Å². The summed E-state index contributed by atoms with van der Waals surface area (Å²) >= 11 is 5.89. The van der Waals surface area contributed by atoms with Crippen LogP contribution in [-0.4, -0.2) is 39.5 Å². The van der Waals surface area contributed by atoms with Gasteiger partial charge in [-0.15, -0.1) is 6.58 Å². The Balaban J connectivity index is 3.25. The lowest BCUT2D eigenvalue weighted by Crippen LogP contribution is -2.34. The maximum absolute atomic E-state index is 12.6. The van der Waals surface area contributed by atoms with Gasteiger partial charge in [-0.05, 0) is 24.6 Å². The monoisotopic (exact) mass is 318 g/mol. The van der Waals surface area contributed by atoms with E-state index in [-0.39, 0.29) is 23.7 Å². The highest BCUT2D eigenvalue weighted by Crippen LogP contribution is 2.28. The molecule has 0 aliphatic carbocycles. The van der Waals surface area contributed by atoms with E-state index in [1.165, 1.54) is 23.6 Å². The van der Waals surface area contributed by atoms with Gasteiger partial charge in [0.2, 0.25) is 10.0 Å². The summed E-state index contributed by atoms with van der Waals surface area (Å²) in [5.41, 5.74) is 6.49. The minimum absolute atomic E-state index is 0.150. The summed E-state index contributed by atoms with van der Waals surface area (Å²) in [6.07, 6.45) is 1.53. The fourth-order valence-corrected chi connectivity index (χ4v) is 3.59. The molecule has 20 heavy (non-hydrogen) atoms. The number of benzene rings is 1. The lowest BCUT2D eigenvalue weighted by atomic mass is 10.2. The minimum atomic E-state index is -3.66. The predicted octanol–water partition coefficient (Wildman–Crippen LogP) is 2.05. The third-order valence-corrected chi connectivity index (χ3v) is 5.12. The first kappa shape index (κ1) is 17.0. The molecule has 0 bridgehead atoms. The van der Waals surface area contributed by atoms with Crippen molar-refractivity contribution < 1.29 is 13.2 Å². The number of methoxy groups -OCH3 is 1. The van der Waals surface area contributed by atoms with E-state index in [1.54, 1.807) is 13.0 Å². The lowest BCUT2D eigenvalue weighted by molar-refractivity contribution is 0.182. The van der Waals surface area contributed by atoms with Crippen LogP contribution in [0.3, 0.4) is 0 Å². The van der Waals surface area contributed by atoms with Crippen LogP contribution in [0.15, 0.2) is 29.7 Å². The van der Waals surface area contributed by atoms with Gasteiger partial charge in [0.05, 0.1) is 22.2 Å². The van der Waals surface area contributed by atoms with Crippen LogP contribution in [0, 0.1) is 6.92 Å². The number of hydrogen-bond acceptors (Lipinski definition) is 4. The van der Waals surface area contributed by atoms with Crippen molar-refractivity contribution in [1.29, 1.82) is 0 Å². The average molecular weight is 319 g/mol. The number of anilines is 1. The van der Waals surface area contributed by atoms with E-state index in [9.17, 15) is 8.42 Å². The maximum Gasteiger partial charge on any atom is 0.243 e. The molecule has 1 rings (SSSR count). The van der Waals surface area contributed by atoms with Crippen molar-refractivity contribution in [3.8, 4) is 0 Å².